The van der Waals surface area contributed by atoms with Gasteiger partial charge >= 0.3 is 0 Å². The minimum atomic E-state index is 0.790. The number of imidazole rings is 1. The Morgan fingerprint density at radius 3 is 2.78 bits per heavy atom. The van der Waals surface area contributed by atoms with Crippen molar-refractivity contribution in [2.24, 2.45) is 0 Å². The summed E-state index contributed by atoms with van der Waals surface area (Å²) >= 11 is 1.55. The molecule has 0 saturated carbocycles. The lowest BCUT2D eigenvalue weighted by Gasteiger charge is -2.03. The number of fused-ring (bicyclic) bond motifs is 1. The topological polar surface area (TPSA) is 52.8 Å². The summed E-state index contributed by atoms with van der Waals surface area (Å²) in [6, 6.07) is 7.85. The van der Waals surface area contributed by atoms with Gasteiger partial charge in [0.15, 0.2) is 5.65 Å². The molecular formula is C12H10N4OS. The van der Waals surface area contributed by atoms with Gasteiger partial charge in [-0.2, -0.15) is 0 Å². The van der Waals surface area contributed by atoms with Gasteiger partial charge in [0.05, 0.1) is 13.3 Å². The van der Waals surface area contributed by atoms with Crippen LogP contribution in [0.2, 0.25) is 0 Å². The van der Waals surface area contributed by atoms with Crippen LogP contribution in [0.25, 0.3) is 11.2 Å². The van der Waals surface area contributed by atoms with Crippen molar-refractivity contribution in [2.45, 2.75) is 4.90 Å². The molecule has 0 N–H and O–H groups in total. The molecule has 0 aliphatic rings. The van der Waals surface area contributed by atoms with Crippen LogP contribution in [0.15, 0.2) is 48.0 Å². The molecule has 0 fully saturated rings. The number of nitrogens with zero attached hydrogens (tertiary/aromatic N) is 4. The number of hydrogen-bond acceptors (Lipinski definition) is 5. The molecule has 0 amide bonds. The third-order valence-electron chi connectivity index (χ3n) is 2.45. The summed E-state index contributed by atoms with van der Waals surface area (Å²) in [6.07, 6.45) is 4.97. The van der Waals surface area contributed by atoms with E-state index in [4.69, 9.17) is 4.74 Å². The average Bonchev–Trinajstić information content (AvgIpc) is 2.83. The zero-order valence-corrected chi connectivity index (χ0v) is 10.5. The van der Waals surface area contributed by atoms with E-state index >= 15 is 0 Å². The number of methoxy groups -OCH3 is 1. The van der Waals surface area contributed by atoms with E-state index in [1.165, 1.54) is 6.33 Å². The van der Waals surface area contributed by atoms with Crippen LogP contribution in [-0.4, -0.2) is 26.0 Å². The Labute approximate surface area is 108 Å². The van der Waals surface area contributed by atoms with Crippen LogP contribution in [0.5, 0.6) is 5.75 Å². The molecule has 6 heteroatoms. The normalized spacial score (nSPS) is 10.7. The Bertz CT molecular complexity index is 665. The van der Waals surface area contributed by atoms with Crippen LogP contribution >= 0.6 is 11.9 Å². The van der Waals surface area contributed by atoms with E-state index < -0.39 is 0 Å². The molecule has 0 atom stereocenters. The molecule has 2 aromatic heterocycles. The molecule has 90 valence electrons. The van der Waals surface area contributed by atoms with Crippen LogP contribution in [0, 0.1) is 0 Å². The van der Waals surface area contributed by atoms with Gasteiger partial charge in [-0.25, -0.2) is 15.0 Å². The summed E-state index contributed by atoms with van der Waals surface area (Å²) in [5.41, 5.74) is 1.60. The summed E-state index contributed by atoms with van der Waals surface area (Å²) in [4.78, 5) is 13.5. The van der Waals surface area contributed by atoms with Gasteiger partial charge in [-0.05, 0) is 36.2 Å². The van der Waals surface area contributed by atoms with E-state index in [1.807, 2.05) is 28.2 Å². The first-order valence-electron chi connectivity index (χ1n) is 5.32. The van der Waals surface area contributed by atoms with E-state index in [0.29, 0.717) is 0 Å². The standard InChI is InChI=1S/C12H10N4OS/c1-17-9-2-4-10(5-3-9)18-16-8-15-11-6-13-7-14-12(11)16/h2-8H,1H3. The average molecular weight is 258 g/mol. The van der Waals surface area contributed by atoms with Gasteiger partial charge in [-0.1, -0.05) is 0 Å². The SMILES string of the molecule is COc1ccc(Sn2cnc3cncnc32)cc1. The van der Waals surface area contributed by atoms with Crippen LogP contribution in [0.4, 0.5) is 0 Å². The lowest BCUT2D eigenvalue weighted by molar-refractivity contribution is 0.414. The number of aromatic nitrogens is 4. The molecule has 1 aromatic carbocycles. The molecule has 0 aliphatic carbocycles. The maximum absolute atomic E-state index is 5.13. The zero-order chi connectivity index (χ0) is 12.4. The number of rotatable bonds is 3. The van der Waals surface area contributed by atoms with E-state index in [2.05, 4.69) is 15.0 Å². The summed E-state index contributed by atoms with van der Waals surface area (Å²) < 4.78 is 7.04. The van der Waals surface area contributed by atoms with Gasteiger partial charge in [0.25, 0.3) is 0 Å². The maximum Gasteiger partial charge on any atom is 0.173 e. The van der Waals surface area contributed by atoms with E-state index in [0.717, 1.165) is 21.8 Å². The van der Waals surface area contributed by atoms with Crippen molar-refractivity contribution in [1.82, 2.24) is 18.9 Å². The lowest BCUT2D eigenvalue weighted by Crippen LogP contribution is -1.88. The summed E-state index contributed by atoms with van der Waals surface area (Å²) in [6.45, 7) is 0. The third-order valence-corrected chi connectivity index (χ3v) is 3.39. The van der Waals surface area contributed by atoms with E-state index in [-0.39, 0.29) is 0 Å². The Hall–Kier alpha value is -2.08. The highest BCUT2D eigenvalue weighted by molar-refractivity contribution is 7.98. The highest BCUT2D eigenvalue weighted by Crippen LogP contribution is 2.25. The summed E-state index contributed by atoms with van der Waals surface area (Å²) in [7, 11) is 1.66. The molecule has 0 radical (unpaired) electrons. The van der Waals surface area contributed by atoms with Crippen molar-refractivity contribution in [3.63, 3.8) is 0 Å². The molecule has 5 nitrogen and oxygen atoms in total. The van der Waals surface area contributed by atoms with E-state index in [9.17, 15) is 0 Å². The van der Waals surface area contributed by atoms with Crippen molar-refractivity contribution >= 4 is 23.1 Å². The first kappa shape index (κ1) is 11.0. The molecule has 18 heavy (non-hydrogen) atoms. The monoisotopic (exact) mass is 258 g/mol. The fraction of sp³-hybridized carbons (Fsp3) is 0.0833. The molecule has 0 spiro atoms. The van der Waals surface area contributed by atoms with Crippen molar-refractivity contribution in [3.05, 3.63) is 43.1 Å². The fourth-order valence-corrected chi connectivity index (χ4v) is 2.37. The zero-order valence-electron chi connectivity index (χ0n) is 9.65. The Kier molecular flexibility index (Phi) is 2.85. The summed E-state index contributed by atoms with van der Waals surface area (Å²) in [5, 5.41) is 0. The van der Waals surface area contributed by atoms with Crippen LogP contribution in [-0.2, 0) is 0 Å². The molecule has 2 heterocycles. The number of hydrogen-bond donors (Lipinski definition) is 0. The first-order valence-corrected chi connectivity index (χ1v) is 6.09. The number of benzene rings is 1. The minimum Gasteiger partial charge on any atom is -0.497 e. The quantitative estimate of drug-likeness (QED) is 0.722. The van der Waals surface area contributed by atoms with Gasteiger partial charge in [-0.15, -0.1) is 0 Å². The van der Waals surface area contributed by atoms with Crippen LogP contribution in [0.3, 0.4) is 0 Å². The van der Waals surface area contributed by atoms with Gasteiger partial charge in [0.2, 0.25) is 0 Å². The van der Waals surface area contributed by atoms with Gasteiger partial charge < -0.3 is 4.74 Å². The first-order chi connectivity index (χ1) is 8.86. The molecule has 0 unspecified atom stereocenters. The maximum atomic E-state index is 5.13. The predicted octanol–water partition coefficient (Wildman–Crippen LogP) is 2.39. The van der Waals surface area contributed by atoms with E-state index in [1.54, 1.807) is 31.6 Å². The second kappa shape index (κ2) is 4.66. The molecule has 0 aliphatic heterocycles. The van der Waals surface area contributed by atoms with Gasteiger partial charge in [-0.3, -0.25) is 3.97 Å². The smallest absolute Gasteiger partial charge is 0.173 e. The Morgan fingerprint density at radius 1 is 1.17 bits per heavy atom. The summed E-state index contributed by atoms with van der Waals surface area (Å²) in [5.74, 6) is 0.845. The highest BCUT2D eigenvalue weighted by Gasteiger charge is 2.05. The lowest BCUT2D eigenvalue weighted by atomic mass is 10.3. The fourth-order valence-electron chi connectivity index (χ4n) is 1.56. The van der Waals surface area contributed by atoms with Crippen LogP contribution in [0.1, 0.15) is 0 Å². The van der Waals surface area contributed by atoms with Crippen molar-refractivity contribution in [1.29, 1.82) is 0 Å². The molecular weight excluding hydrogens is 248 g/mol. The van der Waals surface area contributed by atoms with Crippen molar-refractivity contribution in [2.75, 3.05) is 7.11 Å². The second-order valence-corrected chi connectivity index (χ2v) is 4.62. The van der Waals surface area contributed by atoms with Crippen molar-refractivity contribution < 1.29 is 4.74 Å². The molecule has 0 bridgehead atoms. The van der Waals surface area contributed by atoms with Crippen LogP contribution < -0.4 is 4.74 Å². The molecule has 0 saturated heterocycles. The largest absolute Gasteiger partial charge is 0.497 e. The third kappa shape index (κ3) is 2.02. The number of ether oxygens (including phenoxy) is 1. The van der Waals surface area contributed by atoms with Gasteiger partial charge in [0, 0.05) is 4.90 Å². The predicted molar refractivity (Wildman–Crippen MR) is 69.6 cm³/mol. The Balaban J connectivity index is 1.91. The van der Waals surface area contributed by atoms with Gasteiger partial charge in [0.1, 0.15) is 23.9 Å². The minimum absolute atomic E-state index is 0.790. The molecule has 3 aromatic rings. The highest BCUT2D eigenvalue weighted by atomic mass is 32.2. The second-order valence-electron chi connectivity index (χ2n) is 3.57. The Morgan fingerprint density at radius 2 is 2.00 bits per heavy atom. The van der Waals surface area contributed by atoms with Crippen molar-refractivity contribution in [3.8, 4) is 5.75 Å². The molecule has 3 rings (SSSR count).